The largest absolute Gasteiger partial charge is 0.573 e. The van der Waals surface area contributed by atoms with Gasteiger partial charge in [0.1, 0.15) is 12.1 Å². The summed E-state index contributed by atoms with van der Waals surface area (Å²) in [5.74, 6) is -0.488. The fourth-order valence-corrected chi connectivity index (χ4v) is 2.99. The third-order valence-corrected chi connectivity index (χ3v) is 4.39. The summed E-state index contributed by atoms with van der Waals surface area (Å²) in [5, 5.41) is 6.99. The molecule has 0 bridgehead atoms. The highest BCUT2D eigenvalue weighted by atomic mass is 19.4. The SMILES string of the molecule is CNC(=O)c1cccc(-c2cc3cc(-c4ccc(OC(F)(F)F)cc4)nn3cn2)c1. The zero-order chi connectivity index (χ0) is 21.3. The molecule has 0 aliphatic carbocycles. The summed E-state index contributed by atoms with van der Waals surface area (Å²) in [6.45, 7) is 0. The number of nitrogens with one attached hydrogen (secondary N) is 1. The van der Waals surface area contributed by atoms with Crippen LogP contribution in [0.25, 0.3) is 28.0 Å². The number of benzene rings is 2. The molecule has 2 aromatic carbocycles. The Balaban J connectivity index is 1.64. The Hall–Kier alpha value is -3.88. The molecule has 30 heavy (non-hydrogen) atoms. The third-order valence-electron chi connectivity index (χ3n) is 4.39. The molecule has 0 radical (unpaired) electrons. The molecule has 1 amide bonds. The van der Waals surface area contributed by atoms with E-state index in [2.05, 4.69) is 20.1 Å². The fourth-order valence-electron chi connectivity index (χ4n) is 2.99. The molecule has 0 aliphatic rings. The Kier molecular flexibility index (Phi) is 4.86. The van der Waals surface area contributed by atoms with Gasteiger partial charge in [0.2, 0.25) is 0 Å². The average Bonchev–Trinajstić information content (AvgIpc) is 3.16. The van der Waals surface area contributed by atoms with Gasteiger partial charge in [-0.15, -0.1) is 13.2 Å². The Morgan fingerprint density at radius 1 is 1.00 bits per heavy atom. The first kappa shape index (κ1) is 19.4. The maximum Gasteiger partial charge on any atom is 0.573 e. The number of halogens is 3. The van der Waals surface area contributed by atoms with Crippen molar-refractivity contribution in [2.24, 2.45) is 0 Å². The van der Waals surface area contributed by atoms with Gasteiger partial charge in [-0.1, -0.05) is 12.1 Å². The molecule has 4 rings (SSSR count). The molecule has 0 fully saturated rings. The van der Waals surface area contributed by atoms with Crippen LogP contribution in [0.3, 0.4) is 0 Å². The van der Waals surface area contributed by atoms with Crippen molar-refractivity contribution in [3.63, 3.8) is 0 Å². The maximum atomic E-state index is 12.3. The zero-order valence-electron chi connectivity index (χ0n) is 15.6. The summed E-state index contributed by atoms with van der Waals surface area (Å²) in [6, 6.07) is 16.2. The van der Waals surface area contributed by atoms with Crippen molar-refractivity contribution in [3.05, 3.63) is 72.6 Å². The molecular weight excluding hydrogens is 397 g/mol. The van der Waals surface area contributed by atoms with Crippen LogP contribution < -0.4 is 10.1 Å². The van der Waals surface area contributed by atoms with Crippen molar-refractivity contribution in [1.29, 1.82) is 0 Å². The molecule has 0 spiro atoms. The van der Waals surface area contributed by atoms with E-state index < -0.39 is 6.36 Å². The van der Waals surface area contributed by atoms with Gasteiger partial charge in [0.25, 0.3) is 5.91 Å². The lowest BCUT2D eigenvalue weighted by Gasteiger charge is -2.08. The molecule has 0 saturated heterocycles. The lowest BCUT2D eigenvalue weighted by atomic mass is 10.1. The molecule has 1 N–H and O–H groups in total. The highest BCUT2D eigenvalue weighted by molar-refractivity contribution is 5.95. The van der Waals surface area contributed by atoms with Crippen LogP contribution in [0.15, 0.2) is 67.0 Å². The second kappa shape index (κ2) is 7.51. The van der Waals surface area contributed by atoms with Gasteiger partial charge in [-0.25, -0.2) is 9.50 Å². The molecule has 9 heteroatoms. The number of hydrogen-bond donors (Lipinski definition) is 1. The molecular formula is C21H15F3N4O2. The van der Waals surface area contributed by atoms with Crippen LogP contribution in [-0.4, -0.2) is 33.9 Å². The normalized spacial score (nSPS) is 11.5. The minimum atomic E-state index is -4.73. The lowest BCUT2D eigenvalue weighted by molar-refractivity contribution is -0.274. The summed E-state index contributed by atoms with van der Waals surface area (Å²) in [6.07, 6.45) is -3.19. The number of ether oxygens (including phenoxy) is 1. The van der Waals surface area contributed by atoms with Gasteiger partial charge < -0.3 is 10.1 Å². The van der Waals surface area contributed by atoms with Gasteiger partial charge in [-0.05, 0) is 48.5 Å². The third kappa shape index (κ3) is 4.09. The Morgan fingerprint density at radius 2 is 1.73 bits per heavy atom. The zero-order valence-corrected chi connectivity index (χ0v) is 15.6. The van der Waals surface area contributed by atoms with Gasteiger partial charge >= 0.3 is 6.36 Å². The number of nitrogens with zero attached hydrogens (tertiary/aromatic N) is 3. The summed E-state index contributed by atoms with van der Waals surface area (Å²) < 4.78 is 42.4. The maximum absolute atomic E-state index is 12.3. The molecule has 152 valence electrons. The first-order valence-corrected chi connectivity index (χ1v) is 8.86. The van der Waals surface area contributed by atoms with Gasteiger partial charge in [0.15, 0.2) is 0 Å². The van der Waals surface area contributed by atoms with Crippen LogP contribution in [0.4, 0.5) is 13.2 Å². The number of alkyl halides is 3. The Labute approximate surface area is 168 Å². The highest BCUT2D eigenvalue weighted by Crippen LogP contribution is 2.27. The first-order chi connectivity index (χ1) is 14.3. The first-order valence-electron chi connectivity index (χ1n) is 8.86. The van der Waals surface area contributed by atoms with E-state index in [1.54, 1.807) is 42.2 Å². The number of fused-ring (bicyclic) bond motifs is 1. The van der Waals surface area contributed by atoms with Crippen molar-refractivity contribution in [3.8, 4) is 28.3 Å². The van der Waals surface area contributed by atoms with E-state index in [4.69, 9.17) is 0 Å². The minimum Gasteiger partial charge on any atom is -0.406 e. The van der Waals surface area contributed by atoms with Crippen molar-refractivity contribution >= 4 is 11.4 Å². The van der Waals surface area contributed by atoms with Gasteiger partial charge in [-0.2, -0.15) is 5.10 Å². The number of rotatable bonds is 4. The van der Waals surface area contributed by atoms with E-state index in [-0.39, 0.29) is 11.7 Å². The molecule has 6 nitrogen and oxygen atoms in total. The van der Waals surface area contributed by atoms with E-state index in [1.807, 2.05) is 12.1 Å². The molecule has 0 unspecified atom stereocenters. The second-order valence-corrected chi connectivity index (χ2v) is 6.41. The summed E-state index contributed by atoms with van der Waals surface area (Å²) in [7, 11) is 1.56. The van der Waals surface area contributed by atoms with Gasteiger partial charge in [-0.3, -0.25) is 4.79 Å². The van der Waals surface area contributed by atoms with Crippen molar-refractivity contribution in [1.82, 2.24) is 19.9 Å². The molecule has 0 aliphatic heterocycles. The Bertz CT molecular complexity index is 1220. The number of hydrogen-bond acceptors (Lipinski definition) is 4. The van der Waals surface area contributed by atoms with Crippen LogP contribution in [0, 0.1) is 0 Å². The lowest BCUT2D eigenvalue weighted by Crippen LogP contribution is -2.17. The quantitative estimate of drug-likeness (QED) is 0.542. The minimum absolute atomic E-state index is 0.192. The molecule has 2 heterocycles. The summed E-state index contributed by atoms with van der Waals surface area (Å²) >= 11 is 0. The number of aromatic nitrogens is 3. The fraction of sp³-hybridized carbons (Fsp3) is 0.0952. The highest BCUT2D eigenvalue weighted by Gasteiger charge is 2.31. The number of carbonyl (C=O) groups is 1. The average molecular weight is 412 g/mol. The molecule has 4 aromatic rings. The van der Waals surface area contributed by atoms with Crippen molar-refractivity contribution < 1.29 is 22.7 Å². The predicted octanol–water partition coefficient (Wildman–Crippen LogP) is 4.32. The van der Waals surface area contributed by atoms with E-state index in [1.165, 1.54) is 24.3 Å². The smallest absolute Gasteiger partial charge is 0.406 e. The van der Waals surface area contributed by atoms with E-state index in [0.717, 1.165) is 11.1 Å². The standard InChI is InChI=1S/C21H15F3N4O2/c1-25-20(29)15-4-2-3-14(9-15)18-10-16-11-19(27-28(16)12-26-18)13-5-7-17(8-6-13)30-21(22,23)24/h2-12H,1H3,(H,25,29). The molecule has 0 saturated carbocycles. The predicted molar refractivity (Wildman–Crippen MR) is 104 cm³/mol. The topological polar surface area (TPSA) is 68.5 Å². The Morgan fingerprint density at radius 3 is 2.43 bits per heavy atom. The van der Waals surface area contributed by atoms with Crippen LogP contribution in [0.2, 0.25) is 0 Å². The summed E-state index contributed by atoms with van der Waals surface area (Å²) in [4.78, 5) is 16.2. The van der Waals surface area contributed by atoms with Crippen LogP contribution in [-0.2, 0) is 0 Å². The van der Waals surface area contributed by atoms with E-state index >= 15 is 0 Å². The van der Waals surface area contributed by atoms with Crippen molar-refractivity contribution in [2.75, 3.05) is 7.05 Å². The monoisotopic (exact) mass is 412 g/mol. The van der Waals surface area contributed by atoms with E-state index in [0.29, 0.717) is 22.5 Å². The van der Waals surface area contributed by atoms with Crippen molar-refractivity contribution in [2.45, 2.75) is 6.36 Å². The van der Waals surface area contributed by atoms with Gasteiger partial charge in [0.05, 0.1) is 16.9 Å². The summed E-state index contributed by atoms with van der Waals surface area (Å²) in [5.41, 5.74) is 3.91. The molecule has 0 atom stereocenters. The van der Waals surface area contributed by atoms with Gasteiger partial charge in [0, 0.05) is 23.7 Å². The van der Waals surface area contributed by atoms with Crippen LogP contribution >= 0.6 is 0 Å². The number of carbonyl (C=O) groups excluding carboxylic acids is 1. The van der Waals surface area contributed by atoms with Crippen LogP contribution in [0.1, 0.15) is 10.4 Å². The second-order valence-electron chi connectivity index (χ2n) is 6.41. The number of amides is 1. The van der Waals surface area contributed by atoms with E-state index in [9.17, 15) is 18.0 Å². The van der Waals surface area contributed by atoms with Crippen LogP contribution in [0.5, 0.6) is 5.75 Å². The molecule has 2 aromatic heterocycles.